The first-order chi connectivity index (χ1) is 11.2. The fraction of sp³-hybridized carbons (Fsp3) is 0.158. The molecule has 0 unspecified atom stereocenters. The van der Waals surface area contributed by atoms with Crippen LogP contribution >= 0.6 is 11.8 Å². The van der Waals surface area contributed by atoms with Crippen molar-refractivity contribution in [2.24, 2.45) is 0 Å². The maximum atomic E-state index is 5.53. The van der Waals surface area contributed by atoms with Crippen LogP contribution < -0.4 is 9.47 Å². The zero-order valence-electron chi connectivity index (χ0n) is 13.3. The maximum absolute atomic E-state index is 5.53. The van der Waals surface area contributed by atoms with Crippen molar-refractivity contribution in [2.75, 3.05) is 14.2 Å². The minimum atomic E-state index is 0.777. The molecule has 1 aliphatic heterocycles. The van der Waals surface area contributed by atoms with Crippen LogP contribution in [-0.2, 0) is 6.54 Å². The molecule has 0 aromatic heterocycles. The molecule has 1 aliphatic rings. The van der Waals surface area contributed by atoms with Gasteiger partial charge in [-0.25, -0.2) is 0 Å². The summed E-state index contributed by atoms with van der Waals surface area (Å²) in [6, 6.07) is 16.2. The summed E-state index contributed by atoms with van der Waals surface area (Å²) in [4.78, 5) is 2.21. The summed E-state index contributed by atoms with van der Waals surface area (Å²) in [5.74, 6) is 1.63. The second-order valence-electron chi connectivity index (χ2n) is 5.15. The van der Waals surface area contributed by atoms with Crippen LogP contribution in [0, 0.1) is 0 Å². The Kier molecular flexibility index (Phi) is 4.63. The first-order valence-corrected chi connectivity index (χ1v) is 8.20. The minimum Gasteiger partial charge on any atom is -0.497 e. The van der Waals surface area contributed by atoms with Crippen molar-refractivity contribution in [1.29, 1.82) is 0 Å². The van der Waals surface area contributed by atoms with Crippen molar-refractivity contribution in [2.45, 2.75) is 6.54 Å². The van der Waals surface area contributed by atoms with E-state index >= 15 is 0 Å². The Morgan fingerprint density at radius 3 is 2.52 bits per heavy atom. The summed E-state index contributed by atoms with van der Waals surface area (Å²) < 4.78 is 10.9. The summed E-state index contributed by atoms with van der Waals surface area (Å²) >= 11 is 1.63. The van der Waals surface area contributed by atoms with Crippen LogP contribution in [0.4, 0.5) is 0 Å². The van der Waals surface area contributed by atoms with E-state index in [-0.39, 0.29) is 0 Å². The molecule has 0 radical (unpaired) electrons. The summed E-state index contributed by atoms with van der Waals surface area (Å²) in [6.45, 7) is 4.95. The standard InChI is InChI=1S/C19H19NO2S/c1-14-20(12-15-7-5-4-6-8-15)18(13-23-14)17-11-16(21-2)9-10-19(17)22-3/h4-11,13H,1,12H2,2-3H3. The van der Waals surface area contributed by atoms with Gasteiger partial charge in [0.05, 0.1) is 24.9 Å². The molecule has 3 nitrogen and oxygen atoms in total. The molecule has 2 aromatic rings. The van der Waals surface area contributed by atoms with Gasteiger partial charge in [0.25, 0.3) is 0 Å². The number of hydrogen-bond acceptors (Lipinski definition) is 4. The fourth-order valence-electron chi connectivity index (χ4n) is 2.55. The lowest BCUT2D eigenvalue weighted by Crippen LogP contribution is -2.16. The van der Waals surface area contributed by atoms with Crippen molar-refractivity contribution in [1.82, 2.24) is 4.90 Å². The largest absolute Gasteiger partial charge is 0.497 e. The van der Waals surface area contributed by atoms with Gasteiger partial charge in [-0.15, -0.1) is 0 Å². The lowest BCUT2D eigenvalue weighted by Gasteiger charge is -2.24. The van der Waals surface area contributed by atoms with E-state index in [2.05, 4.69) is 41.2 Å². The molecule has 0 aliphatic carbocycles. The third-order valence-corrected chi connectivity index (χ3v) is 4.60. The third-order valence-electron chi connectivity index (χ3n) is 3.76. The van der Waals surface area contributed by atoms with Gasteiger partial charge in [-0.2, -0.15) is 0 Å². The van der Waals surface area contributed by atoms with Gasteiger partial charge in [0.1, 0.15) is 11.5 Å². The van der Waals surface area contributed by atoms with Gasteiger partial charge in [-0.1, -0.05) is 48.7 Å². The molecule has 0 atom stereocenters. The normalized spacial score (nSPS) is 13.9. The van der Waals surface area contributed by atoms with E-state index < -0.39 is 0 Å². The molecule has 0 saturated heterocycles. The molecule has 0 N–H and O–H groups in total. The van der Waals surface area contributed by atoms with E-state index in [4.69, 9.17) is 9.47 Å². The van der Waals surface area contributed by atoms with Crippen LogP contribution in [0.5, 0.6) is 11.5 Å². The lowest BCUT2D eigenvalue weighted by atomic mass is 10.1. The Hall–Kier alpha value is -2.33. The van der Waals surface area contributed by atoms with Crippen LogP contribution in [0.1, 0.15) is 11.1 Å². The predicted octanol–water partition coefficient (Wildman–Crippen LogP) is 4.72. The highest BCUT2D eigenvalue weighted by molar-refractivity contribution is 8.06. The number of hydrogen-bond donors (Lipinski definition) is 0. The highest BCUT2D eigenvalue weighted by Crippen LogP contribution is 2.43. The quantitative estimate of drug-likeness (QED) is 0.793. The molecule has 2 aromatic carbocycles. The van der Waals surface area contributed by atoms with E-state index in [1.54, 1.807) is 26.0 Å². The van der Waals surface area contributed by atoms with Crippen LogP contribution in [0.3, 0.4) is 0 Å². The average Bonchev–Trinajstić information content (AvgIpc) is 2.96. The third kappa shape index (κ3) is 3.22. The average molecular weight is 325 g/mol. The van der Waals surface area contributed by atoms with Gasteiger partial charge >= 0.3 is 0 Å². The Morgan fingerprint density at radius 2 is 1.83 bits per heavy atom. The Labute approximate surface area is 141 Å². The van der Waals surface area contributed by atoms with Gasteiger partial charge in [-0.05, 0) is 23.8 Å². The van der Waals surface area contributed by atoms with E-state index in [1.807, 2.05) is 24.3 Å². The van der Waals surface area contributed by atoms with Crippen molar-refractivity contribution < 1.29 is 9.47 Å². The molecule has 4 heteroatoms. The molecule has 1 heterocycles. The van der Waals surface area contributed by atoms with Crippen molar-refractivity contribution in [3.8, 4) is 11.5 Å². The molecule has 23 heavy (non-hydrogen) atoms. The zero-order valence-corrected chi connectivity index (χ0v) is 14.1. The number of methoxy groups -OCH3 is 2. The van der Waals surface area contributed by atoms with E-state index in [0.29, 0.717) is 0 Å². The molecule has 0 saturated carbocycles. The molecule has 0 amide bonds. The molecule has 3 rings (SSSR count). The monoisotopic (exact) mass is 325 g/mol. The van der Waals surface area contributed by atoms with Crippen LogP contribution in [0.15, 0.2) is 65.5 Å². The van der Waals surface area contributed by atoms with Gasteiger partial charge < -0.3 is 14.4 Å². The van der Waals surface area contributed by atoms with E-state index in [0.717, 1.165) is 34.3 Å². The summed E-state index contributed by atoms with van der Waals surface area (Å²) in [5.41, 5.74) is 3.33. The van der Waals surface area contributed by atoms with Crippen LogP contribution in [0.2, 0.25) is 0 Å². The number of ether oxygens (including phenoxy) is 2. The Balaban J connectivity index is 1.96. The zero-order chi connectivity index (χ0) is 16.2. The number of rotatable bonds is 5. The maximum Gasteiger partial charge on any atom is 0.128 e. The van der Waals surface area contributed by atoms with Gasteiger partial charge in [0, 0.05) is 17.5 Å². The van der Waals surface area contributed by atoms with Gasteiger partial charge in [-0.3, -0.25) is 0 Å². The second-order valence-corrected chi connectivity index (χ2v) is 6.10. The fourth-order valence-corrected chi connectivity index (χ4v) is 3.34. The van der Waals surface area contributed by atoms with Crippen molar-refractivity contribution in [3.05, 3.63) is 76.7 Å². The van der Waals surface area contributed by atoms with Crippen molar-refractivity contribution >= 4 is 17.5 Å². The number of nitrogens with zero attached hydrogens (tertiary/aromatic N) is 1. The van der Waals surface area contributed by atoms with Crippen molar-refractivity contribution in [3.63, 3.8) is 0 Å². The molecule has 118 valence electrons. The molecule has 0 spiro atoms. The first-order valence-electron chi connectivity index (χ1n) is 7.32. The second kappa shape index (κ2) is 6.84. The summed E-state index contributed by atoms with van der Waals surface area (Å²) in [7, 11) is 3.36. The number of thioether (sulfide) groups is 1. The summed E-state index contributed by atoms with van der Waals surface area (Å²) in [5, 5.41) is 3.12. The molecular formula is C19H19NO2S. The molecule has 0 fully saturated rings. The Morgan fingerprint density at radius 1 is 1.04 bits per heavy atom. The van der Waals surface area contributed by atoms with Crippen LogP contribution in [0.25, 0.3) is 5.70 Å². The van der Waals surface area contributed by atoms with Gasteiger partial charge in [0.2, 0.25) is 0 Å². The smallest absolute Gasteiger partial charge is 0.128 e. The summed E-state index contributed by atoms with van der Waals surface area (Å²) in [6.07, 6.45) is 0. The topological polar surface area (TPSA) is 21.7 Å². The predicted molar refractivity (Wildman–Crippen MR) is 96.2 cm³/mol. The molecule has 0 bridgehead atoms. The molecular weight excluding hydrogens is 306 g/mol. The minimum absolute atomic E-state index is 0.777. The van der Waals surface area contributed by atoms with E-state index in [1.165, 1.54) is 5.56 Å². The highest BCUT2D eigenvalue weighted by atomic mass is 32.2. The lowest BCUT2D eigenvalue weighted by molar-refractivity contribution is 0.400. The highest BCUT2D eigenvalue weighted by Gasteiger charge is 2.24. The van der Waals surface area contributed by atoms with E-state index in [9.17, 15) is 0 Å². The number of benzene rings is 2. The first kappa shape index (κ1) is 15.6. The van der Waals surface area contributed by atoms with Gasteiger partial charge in [0.15, 0.2) is 0 Å². The SMILES string of the molecule is C=C1SC=C(c2cc(OC)ccc2OC)N1Cc1ccccc1. The Bertz CT molecular complexity index is 740. The van der Waals surface area contributed by atoms with Crippen LogP contribution in [-0.4, -0.2) is 19.1 Å².